The Morgan fingerprint density at radius 1 is 0.781 bits per heavy atom. The Labute approximate surface area is 239 Å². The molecule has 0 aliphatic heterocycles. The summed E-state index contributed by atoms with van der Waals surface area (Å²) in [5.74, 6) is -4.92. The zero-order valence-corrected chi connectivity index (χ0v) is 26.2. The Morgan fingerprint density at radius 3 is 1.28 bits per heavy atom. The molecule has 0 amide bonds. The molecule has 0 spiro atoms. The first-order valence-corrected chi connectivity index (χ1v) is 12.7. The molecule has 0 aromatic heterocycles. The number of carboxylic acids is 2. The van der Waals surface area contributed by atoms with E-state index in [1.54, 1.807) is 13.8 Å². The third-order valence-electron chi connectivity index (χ3n) is 7.26. The molecule has 3 unspecified atom stereocenters. The molecule has 3 atom stereocenters. The Kier molecular flexibility index (Phi) is 20.2. The zero-order valence-electron chi connectivity index (χ0n) is 21.3. The first kappa shape index (κ1) is 37.4. The van der Waals surface area contributed by atoms with E-state index in [-0.39, 0.29) is 59.1 Å². The van der Waals surface area contributed by atoms with Crippen molar-refractivity contribution >= 4 is 22.1 Å². The maximum Gasteiger partial charge on any atom is 1.00 e. The summed E-state index contributed by atoms with van der Waals surface area (Å²) in [7, 11) is -5.24. The molecule has 0 fully saturated rings. The second-order valence-corrected chi connectivity index (χ2v) is 10.3. The summed E-state index contributed by atoms with van der Waals surface area (Å²) in [4.78, 5) is 24.4. The van der Waals surface area contributed by atoms with Gasteiger partial charge in [0.05, 0.1) is 5.97 Å². The van der Waals surface area contributed by atoms with Gasteiger partial charge >= 0.3 is 59.1 Å². The van der Waals surface area contributed by atoms with Gasteiger partial charge in [0.1, 0.15) is 5.25 Å². The fourth-order valence-electron chi connectivity index (χ4n) is 4.92. The van der Waals surface area contributed by atoms with Crippen molar-refractivity contribution in [2.75, 3.05) is 0 Å². The van der Waals surface area contributed by atoms with Crippen molar-refractivity contribution in [3.05, 3.63) is 0 Å². The van der Waals surface area contributed by atoms with Crippen molar-refractivity contribution < 1.29 is 91.9 Å². The molecule has 178 valence electrons. The molecular weight excluding hydrogens is 454 g/mol. The van der Waals surface area contributed by atoms with E-state index in [0.717, 1.165) is 25.7 Å². The molecule has 0 radical (unpaired) electrons. The standard InChI is InChI=1S/C22H42O7S.2Na/c1-7-17(8-2)13-11-15(5)22(21(25)26,19(20(23)24)30(27,28)29)16(6)12-14-18(9-3)10-4;;/h15-19H,7-14H2,1-6H3,(H,23,24)(H,25,26)(H,27,28,29);;/q;2*+1/p-2. The summed E-state index contributed by atoms with van der Waals surface area (Å²) < 4.78 is 33.9. The van der Waals surface area contributed by atoms with E-state index >= 15 is 0 Å². The fraction of sp³-hybridized carbons (Fsp3) is 0.909. The van der Waals surface area contributed by atoms with Gasteiger partial charge in [-0.1, -0.05) is 80.1 Å². The van der Waals surface area contributed by atoms with Crippen LogP contribution in [0.4, 0.5) is 0 Å². The molecule has 0 aliphatic carbocycles. The van der Waals surface area contributed by atoms with Gasteiger partial charge in [0.15, 0.2) is 0 Å². The van der Waals surface area contributed by atoms with E-state index in [0.29, 0.717) is 37.5 Å². The minimum absolute atomic E-state index is 0. The van der Waals surface area contributed by atoms with Crippen molar-refractivity contribution in [1.29, 1.82) is 0 Å². The minimum atomic E-state index is -5.24. The van der Waals surface area contributed by atoms with Crippen LogP contribution in [-0.2, 0) is 19.7 Å². The van der Waals surface area contributed by atoms with Crippen molar-refractivity contribution in [2.24, 2.45) is 29.1 Å². The van der Waals surface area contributed by atoms with Gasteiger partial charge in [0.2, 0.25) is 0 Å². The summed E-state index contributed by atoms with van der Waals surface area (Å²) in [5, 5.41) is 21.8. The number of hydrogen-bond acceptors (Lipinski definition) is 6. The molecular formula is C22H40Na2O7S. The topological polar surface area (TPSA) is 135 Å². The van der Waals surface area contributed by atoms with Gasteiger partial charge < -0.3 is 19.8 Å². The van der Waals surface area contributed by atoms with Crippen molar-refractivity contribution in [2.45, 2.75) is 98.2 Å². The van der Waals surface area contributed by atoms with Crippen LogP contribution in [0.1, 0.15) is 92.9 Å². The van der Waals surface area contributed by atoms with Gasteiger partial charge in [-0.2, -0.15) is 8.42 Å². The van der Waals surface area contributed by atoms with Crippen molar-refractivity contribution in [3.63, 3.8) is 0 Å². The second-order valence-electron chi connectivity index (χ2n) is 8.76. The van der Waals surface area contributed by atoms with Crippen molar-refractivity contribution in [1.82, 2.24) is 0 Å². The number of rotatable bonds is 16. The number of aliphatic carboxylic acids is 2. The molecule has 0 aliphatic rings. The smallest absolute Gasteiger partial charge is 0.549 e. The van der Waals surface area contributed by atoms with Crippen LogP contribution in [0, 0.1) is 29.1 Å². The van der Waals surface area contributed by atoms with Crippen LogP contribution in [0.5, 0.6) is 0 Å². The third kappa shape index (κ3) is 9.84. The van der Waals surface area contributed by atoms with Crippen LogP contribution in [0.25, 0.3) is 0 Å². The maximum absolute atomic E-state index is 12.5. The molecule has 0 aromatic carbocycles. The van der Waals surface area contributed by atoms with E-state index in [1.807, 2.05) is 27.7 Å². The summed E-state index contributed by atoms with van der Waals surface area (Å²) in [5.41, 5.74) is -2.29. The fourth-order valence-corrected chi connectivity index (χ4v) is 6.21. The first-order chi connectivity index (χ1) is 13.8. The van der Waals surface area contributed by atoms with Gasteiger partial charge in [-0.15, -0.1) is 0 Å². The minimum Gasteiger partial charge on any atom is -0.549 e. The van der Waals surface area contributed by atoms with E-state index in [9.17, 15) is 32.8 Å². The average Bonchev–Trinajstić information content (AvgIpc) is 2.65. The van der Waals surface area contributed by atoms with Crippen LogP contribution in [0.15, 0.2) is 0 Å². The normalized spacial score (nSPS) is 16.4. The number of carbonyl (C=O) groups excluding carboxylic acids is 2. The van der Waals surface area contributed by atoms with Crippen LogP contribution in [-0.4, -0.2) is 30.2 Å². The number of hydrogen-bond donors (Lipinski definition) is 1. The maximum atomic E-state index is 12.5. The monoisotopic (exact) mass is 494 g/mol. The van der Waals surface area contributed by atoms with Crippen LogP contribution >= 0.6 is 0 Å². The molecule has 0 saturated heterocycles. The summed E-state index contributed by atoms with van der Waals surface area (Å²) in [6.07, 6.45) is 5.43. The number of carbonyl (C=O) groups is 2. The van der Waals surface area contributed by atoms with Crippen LogP contribution in [0.3, 0.4) is 0 Å². The van der Waals surface area contributed by atoms with Crippen LogP contribution < -0.4 is 69.3 Å². The summed E-state index contributed by atoms with van der Waals surface area (Å²) >= 11 is 0. The zero-order chi connectivity index (χ0) is 23.7. The molecule has 32 heavy (non-hydrogen) atoms. The van der Waals surface area contributed by atoms with Gasteiger partial charge in [-0.25, -0.2) is 0 Å². The van der Waals surface area contributed by atoms with Gasteiger partial charge in [-0.3, -0.25) is 4.55 Å². The molecule has 1 N–H and O–H groups in total. The Bertz CT molecular complexity index is 625. The van der Waals surface area contributed by atoms with Crippen molar-refractivity contribution in [3.8, 4) is 0 Å². The Balaban J connectivity index is -0.00000420. The first-order valence-electron chi connectivity index (χ1n) is 11.2. The van der Waals surface area contributed by atoms with Gasteiger partial charge in [-0.05, 0) is 36.5 Å². The van der Waals surface area contributed by atoms with Gasteiger partial charge in [0.25, 0.3) is 10.1 Å². The van der Waals surface area contributed by atoms with E-state index in [1.165, 1.54) is 0 Å². The molecule has 0 rings (SSSR count). The average molecular weight is 495 g/mol. The second kappa shape index (κ2) is 17.3. The van der Waals surface area contributed by atoms with Gasteiger partial charge in [0, 0.05) is 11.4 Å². The van der Waals surface area contributed by atoms with E-state index < -0.39 is 44.6 Å². The summed E-state index contributed by atoms with van der Waals surface area (Å²) in [6.45, 7) is 11.2. The largest absolute Gasteiger partial charge is 1.00 e. The quantitative estimate of drug-likeness (QED) is 0.173. The Hall–Kier alpha value is 0.850. The number of carboxylic acid groups (broad SMARTS) is 2. The van der Waals surface area contributed by atoms with E-state index in [2.05, 4.69) is 0 Å². The van der Waals surface area contributed by atoms with Crippen LogP contribution in [0.2, 0.25) is 0 Å². The SMILES string of the molecule is CCC(CC)CCC(C)C(C(=O)[O-])(C(C)CCC(CC)CC)C(C(=O)[O-])S(=O)(=O)O.[Na+].[Na+]. The molecule has 0 saturated carbocycles. The predicted octanol–water partition coefficient (Wildman–Crippen LogP) is -3.56. The molecule has 7 nitrogen and oxygen atoms in total. The predicted molar refractivity (Wildman–Crippen MR) is 113 cm³/mol. The summed E-state index contributed by atoms with van der Waals surface area (Å²) in [6, 6.07) is 0. The van der Waals surface area contributed by atoms with E-state index in [4.69, 9.17) is 0 Å². The molecule has 10 heteroatoms. The Morgan fingerprint density at radius 2 is 1.09 bits per heavy atom. The third-order valence-corrected chi connectivity index (χ3v) is 8.43. The molecule has 0 heterocycles. The molecule has 0 aromatic rings. The molecule has 0 bridgehead atoms.